The molecule has 0 aliphatic heterocycles. The number of nitrogens with zero attached hydrogens (tertiary/aromatic N) is 2. The lowest BCUT2D eigenvalue weighted by molar-refractivity contribution is -0.645. The van der Waals surface area contributed by atoms with E-state index >= 15 is 0 Å². The molecule has 146 valence electrons. The van der Waals surface area contributed by atoms with E-state index in [4.69, 9.17) is 4.42 Å². The average Bonchev–Trinajstić information content (AvgIpc) is 3.37. The van der Waals surface area contributed by atoms with Gasteiger partial charge in [-0.25, -0.2) is 9.13 Å². The number of hydrogen-bond donors (Lipinski definition) is 0. The Kier molecular flexibility index (Phi) is 3.59. The standard InChI is InChI=1S/C26H27N2O/c1-16-11-12-18-9-6-10-21-23(18)22(16)24-25(29-21)20(15-17-7-4-5-8-17)19-13-14-27(2)26(19)28(24)3/h6,9-14,17H,4-5,7-8,15H2,1-3H3/q+1. The van der Waals surface area contributed by atoms with Gasteiger partial charge in [-0.05, 0) is 42.3 Å². The molecule has 0 amide bonds. The van der Waals surface area contributed by atoms with Crippen LogP contribution in [0.3, 0.4) is 0 Å². The normalized spacial score (nSPS) is 15.6. The summed E-state index contributed by atoms with van der Waals surface area (Å²) in [5, 5.41) is 5.16. The molecular formula is C26H27N2O+. The van der Waals surface area contributed by atoms with Gasteiger partial charge in [0, 0.05) is 16.3 Å². The Morgan fingerprint density at radius 3 is 2.72 bits per heavy atom. The third-order valence-corrected chi connectivity index (χ3v) is 7.14. The van der Waals surface area contributed by atoms with Crippen molar-refractivity contribution in [3.05, 3.63) is 53.7 Å². The van der Waals surface area contributed by atoms with Gasteiger partial charge in [-0.15, -0.1) is 0 Å². The number of pyridine rings is 1. The monoisotopic (exact) mass is 383 g/mol. The zero-order valence-corrected chi connectivity index (χ0v) is 17.5. The molecule has 3 heterocycles. The second-order valence-corrected chi connectivity index (χ2v) is 8.95. The summed E-state index contributed by atoms with van der Waals surface area (Å²) in [7, 11) is 4.34. The van der Waals surface area contributed by atoms with E-state index < -0.39 is 0 Å². The van der Waals surface area contributed by atoms with Crippen LogP contribution in [0.4, 0.5) is 0 Å². The first-order valence-electron chi connectivity index (χ1n) is 10.8. The molecule has 0 atom stereocenters. The van der Waals surface area contributed by atoms with Crippen LogP contribution in [0.2, 0.25) is 0 Å². The second-order valence-electron chi connectivity index (χ2n) is 8.95. The average molecular weight is 384 g/mol. The van der Waals surface area contributed by atoms with Crippen LogP contribution in [-0.4, -0.2) is 4.57 Å². The molecule has 5 aromatic rings. The van der Waals surface area contributed by atoms with Gasteiger partial charge in [0.25, 0.3) is 5.65 Å². The zero-order valence-electron chi connectivity index (χ0n) is 17.5. The zero-order chi connectivity index (χ0) is 19.7. The third kappa shape index (κ3) is 2.33. The van der Waals surface area contributed by atoms with Crippen LogP contribution in [0.1, 0.15) is 36.8 Å². The van der Waals surface area contributed by atoms with Gasteiger partial charge in [-0.2, -0.15) is 0 Å². The summed E-state index contributed by atoms with van der Waals surface area (Å²) in [6.45, 7) is 2.23. The summed E-state index contributed by atoms with van der Waals surface area (Å²) in [6, 6.07) is 13.2. The molecule has 0 radical (unpaired) electrons. The number of aryl methyl sites for hydroxylation is 3. The quantitative estimate of drug-likeness (QED) is 0.205. The first kappa shape index (κ1) is 17.1. The number of fused-ring (bicyclic) bond motifs is 3. The highest BCUT2D eigenvalue weighted by Gasteiger charge is 2.27. The van der Waals surface area contributed by atoms with Gasteiger partial charge in [-0.1, -0.05) is 49.9 Å². The first-order chi connectivity index (χ1) is 14.1. The summed E-state index contributed by atoms with van der Waals surface area (Å²) in [5.74, 6) is 0.771. The van der Waals surface area contributed by atoms with E-state index in [2.05, 4.69) is 72.7 Å². The van der Waals surface area contributed by atoms with E-state index in [1.165, 1.54) is 69.5 Å². The lowest BCUT2D eigenvalue weighted by Crippen LogP contribution is -2.28. The van der Waals surface area contributed by atoms with Crippen molar-refractivity contribution < 1.29 is 8.98 Å². The van der Waals surface area contributed by atoms with Crippen LogP contribution < -0.4 is 4.57 Å². The van der Waals surface area contributed by atoms with Crippen molar-refractivity contribution in [1.82, 2.24) is 4.57 Å². The molecule has 0 saturated heterocycles. The molecule has 3 nitrogen and oxygen atoms in total. The Morgan fingerprint density at radius 1 is 1.07 bits per heavy atom. The number of rotatable bonds is 2. The Morgan fingerprint density at radius 2 is 1.90 bits per heavy atom. The van der Waals surface area contributed by atoms with Gasteiger partial charge < -0.3 is 4.42 Å². The molecule has 29 heavy (non-hydrogen) atoms. The Bertz CT molecular complexity index is 1410. The number of benzene rings is 2. The van der Waals surface area contributed by atoms with Crippen molar-refractivity contribution in [2.24, 2.45) is 20.0 Å². The lowest BCUT2D eigenvalue weighted by atomic mass is 9.93. The summed E-state index contributed by atoms with van der Waals surface area (Å²) >= 11 is 0. The van der Waals surface area contributed by atoms with E-state index in [0.29, 0.717) is 0 Å². The van der Waals surface area contributed by atoms with Gasteiger partial charge >= 0.3 is 0 Å². The first-order valence-corrected chi connectivity index (χ1v) is 10.8. The van der Waals surface area contributed by atoms with Crippen molar-refractivity contribution in [1.29, 1.82) is 0 Å². The maximum absolute atomic E-state index is 6.71. The fourth-order valence-electron chi connectivity index (χ4n) is 5.74. The molecule has 0 bridgehead atoms. The number of aromatic nitrogens is 2. The van der Waals surface area contributed by atoms with Gasteiger partial charge in [0.1, 0.15) is 5.58 Å². The Labute approximate surface area is 170 Å². The predicted octanol–water partition coefficient (Wildman–Crippen LogP) is 6.10. The maximum Gasteiger partial charge on any atom is 0.289 e. The molecule has 0 N–H and O–H groups in total. The molecule has 0 unspecified atom stereocenters. The lowest BCUT2D eigenvalue weighted by Gasteiger charge is -2.16. The fourth-order valence-corrected chi connectivity index (χ4v) is 5.74. The minimum Gasteiger partial charge on any atom is -0.452 e. The summed E-state index contributed by atoms with van der Waals surface area (Å²) in [5.41, 5.74) is 7.28. The highest BCUT2D eigenvalue weighted by atomic mass is 16.3. The molecule has 3 heteroatoms. The second kappa shape index (κ2) is 6.09. The van der Waals surface area contributed by atoms with Crippen LogP contribution in [0.5, 0.6) is 0 Å². The smallest absolute Gasteiger partial charge is 0.289 e. The fraction of sp³-hybridized carbons (Fsp3) is 0.346. The molecule has 1 aliphatic rings. The Hall–Kier alpha value is -2.81. The van der Waals surface area contributed by atoms with E-state index in [1.807, 2.05) is 0 Å². The summed E-state index contributed by atoms with van der Waals surface area (Å²) < 4.78 is 11.3. The number of hydrogen-bond acceptors (Lipinski definition) is 1. The van der Waals surface area contributed by atoms with Gasteiger partial charge in [-0.3, -0.25) is 0 Å². The Balaban J connectivity index is 1.85. The molecular weight excluding hydrogens is 356 g/mol. The van der Waals surface area contributed by atoms with Crippen LogP contribution in [0, 0.1) is 12.8 Å². The third-order valence-electron chi connectivity index (χ3n) is 7.14. The molecule has 1 saturated carbocycles. The SMILES string of the molecule is Cc1ccc2cccc3oc4c(CC5CCCC5)c5cc[n+](C)c5n(C)c4c1c23. The summed E-state index contributed by atoms with van der Waals surface area (Å²) in [6.07, 6.45) is 8.72. The van der Waals surface area contributed by atoms with Crippen LogP contribution in [0.25, 0.3) is 43.9 Å². The molecule has 2 aromatic carbocycles. The van der Waals surface area contributed by atoms with E-state index in [9.17, 15) is 0 Å². The molecule has 1 fully saturated rings. The predicted molar refractivity (Wildman–Crippen MR) is 119 cm³/mol. The van der Waals surface area contributed by atoms with Crippen molar-refractivity contribution in [2.75, 3.05) is 0 Å². The topological polar surface area (TPSA) is 21.9 Å². The minimum absolute atomic E-state index is 0.771. The maximum atomic E-state index is 6.71. The van der Waals surface area contributed by atoms with Crippen molar-refractivity contribution in [2.45, 2.75) is 39.0 Å². The summed E-state index contributed by atoms with van der Waals surface area (Å²) in [4.78, 5) is 0. The van der Waals surface area contributed by atoms with Crippen molar-refractivity contribution >= 4 is 43.9 Å². The molecule has 3 aromatic heterocycles. The highest BCUT2D eigenvalue weighted by molar-refractivity contribution is 6.19. The molecule has 6 rings (SSSR count). The van der Waals surface area contributed by atoms with E-state index in [-0.39, 0.29) is 0 Å². The van der Waals surface area contributed by atoms with Gasteiger partial charge in [0.15, 0.2) is 11.1 Å². The van der Waals surface area contributed by atoms with Crippen LogP contribution in [0.15, 0.2) is 47.0 Å². The van der Waals surface area contributed by atoms with E-state index in [0.717, 1.165) is 23.5 Å². The van der Waals surface area contributed by atoms with Crippen molar-refractivity contribution in [3.63, 3.8) is 0 Å². The molecule has 0 spiro atoms. The minimum atomic E-state index is 0.771. The van der Waals surface area contributed by atoms with Crippen LogP contribution >= 0.6 is 0 Å². The van der Waals surface area contributed by atoms with Gasteiger partial charge in [0.2, 0.25) is 0 Å². The van der Waals surface area contributed by atoms with Crippen LogP contribution in [-0.2, 0) is 20.5 Å². The van der Waals surface area contributed by atoms with Crippen molar-refractivity contribution in [3.8, 4) is 0 Å². The largest absolute Gasteiger partial charge is 0.452 e. The van der Waals surface area contributed by atoms with Gasteiger partial charge in [0.05, 0.1) is 25.7 Å². The van der Waals surface area contributed by atoms with E-state index in [1.54, 1.807) is 0 Å². The highest BCUT2D eigenvalue weighted by Crippen LogP contribution is 2.40. The molecule has 1 aliphatic carbocycles.